The van der Waals surface area contributed by atoms with Crippen molar-refractivity contribution >= 4 is 33.3 Å². The SMILES string of the molecule is CC(CN(c1cccc(Cl)c1)S(C)(=O)=O)C(=O)O. The molecule has 1 N–H and O–H groups in total. The van der Waals surface area contributed by atoms with E-state index < -0.39 is 21.9 Å². The van der Waals surface area contributed by atoms with Crippen molar-refractivity contribution in [2.75, 3.05) is 17.1 Å². The Hall–Kier alpha value is -1.27. The maximum Gasteiger partial charge on any atom is 0.308 e. The number of carboxylic acids is 1. The van der Waals surface area contributed by atoms with Gasteiger partial charge in [0.15, 0.2) is 0 Å². The molecule has 18 heavy (non-hydrogen) atoms. The maximum atomic E-state index is 11.7. The van der Waals surface area contributed by atoms with Crippen molar-refractivity contribution < 1.29 is 18.3 Å². The molecule has 0 aliphatic carbocycles. The molecule has 1 aromatic rings. The standard InChI is InChI=1S/C11H14ClNO4S/c1-8(11(14)15)7-13(18(2,16)17)10-5-3-4-9(12)6-10/h3-6,8H,7H2,1-2H3,(H,14,15). The summed E-state index contributed by atoms with van der Waals surface area (Å²) in [7, 11) is -3.55. The Morgan fingerprint density at radius 1 is 1.50 bits per heavy atom. The fourth-order valence-corrected chi connectivity index (χ4v) is 2.57. The summed E-state index contributed by atoms with van der Waals surface area (Å²) in [6.45, 7) is 1.32. The Morgan fingerprint density at radius 3 is 2.56 bits per heavy atom. The number of benzene rings is 1. The molecule has 0 spiro atoms. The van der Waals surface area contributed by atoms with Crippen molar-refractivity contribution in [2.24, 2.45) is 5.92 Å². The molecular weight excluding hydrogens is 278 g/mol. The Kier molecular flexibility index (Phi) is 4.59. The van der Waals surface area contributed by atoms with Crippen LogP contribution >= 0.6 is 11.6 Å². The Morgan fingerprint density at radius 2 is 2.11 bits per heavy atom. The molecule has 1 unspecified atom stereocenters. The van der Waals surface area contributed by atoms with Gasteiger partial charge < -0.3 is 5.11 Å². The number of hydrogen-bond acceptors (Lipinski definition) is 3. The van der Waals surface area contributed by atoms with Gasteiger partial charge in [-0.05, 0) is 18.2 Å². The van der Waals surface area contributed by atoms with Gasteiger partial charge in [-0.1, -0.05) is 24.6 Å². The molecule has 1 atom stereocenters. The summed E-state index contributed by atoms with van der Waals surface area (Å²) in [5.41, 5.74) is 0.359. The van der Waals surface area contributed by atoms with Crippen LogP contribution in [-0.4, -0.2) is 32.3 Å². The van der Waals surface area contributed by atoms with E-state index in [4.69, 9.17) is 16.7 Å². The molecule has 0 fully saturated rings. The molecule has 0 radical (unpaired) electrons. The van der Waals surface area contributed by atoms with Crippen LogP contribution in [0.2, 0.25) is 5.02 Å². The zero-order chi connectivity index (χ0) is 13.9. The highest BCUT2D eigenvalue weighted by molar-refractivity contribution is 7.92. The number of sulfonamides is 1. The van der Waals surface area contributed by atoms with Crippen molar-refractivity contribution in [2.45, 2.75) is 6.92 Å². The topological polar surface area (TPSA) is 74.7 Å². The number of nitrogens with zero attached hydrogens (tertiary/aromatic N) is 1. The molecule has 0 aliphatic rings. The summed E-state index contributed by atoms with van der Waals surface area (Å²) in [6.07, 6.45) is 1.03. The van der Waals surface area contributed by atoms with Crippen LogP contribution in [0.25, 0.3) is 0 Å². The van der Waals surface area contributed by atoms with E-state index in [-0.39, 0.29) is 6.54 Å². The highest BCUT2D eigenvalue weighted by Crippen LogP contribution is 2.22. The second kappa shape index (κ2) is 5.58. The smallest absolute Gasteiger partial charge is 0.308 e. The monoisotopic (exact) mass is 291 g/mol. The number of carboxylic acid groups (broad SMARTS) is 1. The molecular formula is C11H14ClNO4S. The molecule has 0 saturated carbocycles. The van der Waals surface area contributed by atoms with Crippen molar-refractivity contribution in [3.05, 3.63) is 29.3 Å². The molecule has 0 amide bonds. The molecule has 0 bridgehead atoms. The highest BCUT2D eigenvalue weighted by atomic mass is 35.5. The number of halogens is 1. The minimum Gasteiger partial charge on any atom is -0.481 e. The number of rotatable bonds is 5. The fraction of sp³-hybridized carbons (Fsp3) is 0.364. The number of carbonyl (C=O) groups is 1. The maximum absolute atomic E-state index is 11.7. The van der Waals surface area contributed by atoms with Crippen LogP contribution in [-0.2, 0) is 14.8 Å². The summed E-state index contributed by atoms with van der Waals surface area (Å²) in [4.78, 5) is 10.8. The molecule has 7 heteroatoms. The largest absolute Gasteiger partial charge is 0.481 e. The first-order valence-corrected chi connectivity index (χ1v) is 7.40. The van der Waals surface area contributed by atoms with Gasteiger partial charge in [-0.3, -0.25) is 9.10 Å². The summed E-state index contributed by atoms with van der Waals surface area (Å²) in [5.74, 6) is -1.86. The summed E-state index contributed by atoms with van der Waals surface area (Å²) < 4.78 is 24.4. The molecule has 100 valence electrons. The van der Waals surface area contributed by atoms with Crippen molar-refractivity contribution in [3.63, 3.8) is 0 Å². The first-order valence-electron chi connectivity index (χ1n) is 5.18. The van der Waals surface area contributed by atoms with Crippen LogP contribution in [0.15, 0.2) is 24.3 Å². The van der Waals surface area contributed by atoms with Crippen LogP contribution < -0.4 is 4.31 Å². The van der Waals surface area contributed by atoms with Crippen molar-refractivity contribution in [1.82, 2.24) is 0 Å². The molecule has 1 aromatic carbocycles. The van der Waals surface area contributed by atoms with E-state index in [1.165, 1.54) is 13.0 Å². The summed E-state index contributed by atoms with van der Waals surface area (Å²) in [6, 6.07) is 6.28. The van der Waals surface area contributed by atoms with Crippen LogP contribution in [0.5, 0.6) is 0 Å². The second-order valence-corrected chi connectivity index (χ2v) is 6.36. The number of hydrogen-bond donors (Lipinski definition) is 1. The first kappa shape index (κ1) is 14.8. The van der Waals surface area contributed by atoms with E-state index in [1.54, 1.807) is 18.2 Å². The van der Waals surface area contributed by atoms with E-state index in [0.717, 1.165) is 10.6 Å². The third-order valence-electron chi connectivity index (χ3n) is 2.36. The van der Waals surface area contributed by atoms with E-state index in [9.17, 15) is 13.2 Å². The van der Waals surface area contributed by atoms with Gasteiger partial charge in [-0.25, -0.2) is 8.42 Å². The first-order chi connectivity index (χ1) is 8.21. The third-order valence-corrected chi connectivity index (χ3v) is 3.75. The van der Waals surface area contributed by atoms with Crippen LogP contribution in [0.1, 0.15) is 6.92 Å². The van der Waals surface area contributed by atoms with Gasteiger partial charge in [-0.15, -0.1) is 0 Å². The Balaban J connectivity index is 3.11. The average molecular weight is 292 g/mol. The summed E-state index contributed by atoms with van der Waals surface area (Å²) in [5, 5.41) is 9.24. The minimum absolute atomic E-state index is 0.130. The molecule has 5 nitrogen and oxygen atoms in total. The van der Waals surface area contributed by atoms with Gasteiger partial charge >= 0.3 is 5.97 Å². The quantitative estimate of drug-likeness (QED) is 0.898. The minimum atomic E-state index is -3.55. The van der Waals surface area contributed by atoms with Gasteiger partial charge in [0.2, 0.25) is 10.0 Å². The molecule has 1 rings (SSSR count). The van der Waals surface area contributed by atoms with E-state index in [0.29, 0.717) is 10.7 Å². The van der Waals surface area contributed by atoms with Crippen LogP contribution in [0.4, 0.5) is 5.69 Å². The van der Waals surface area contributed by atoms with Gasteiger partial charge in [-0.2, -0.15) is 0 Å². The number of anilines is 1. The van der Waals surface area contributed by atoms with Crippen molar-refractivity contribution in [1.29, 1.82) is 0 Å². The second-order valence-electron chi connectivity index (χ2n) is 4.01. The van der Waals surface area contributed by atoms with Crippen LogP contribution in [0, 0.1) is 5.92 Å². The lowest BCUT2D eigenvalue weighted by molar-refractivity contribution is -0.140. The average Bonchev–Trinajstić information content (AvgIpc) is 2.23. The lowest BCUT2D eigenvalue weighted by atomic mass is 10.2. The molecule has 0 heterocycles. The highest BCUT2D eigenvalue weighted by Gasteiger charge is 2.23. The zero-order valence-corrected chi connectivity index (χ0v) is 11.6. The van der Waals surface area contributed by atoms with Gasteiger partial charge in [0.05, 0.1) is 17.9 Å². The third kappa shape index (κ3) is 3.89. The molecule has 0 saturated heterocycles. The van der Waals surface area contributed by atoms with Gasteiger partial charge in [0, 0.05) is 11.6 Å². The predicted octanol–water partition coefficient (Wildman–Crippen LogP) is 1.83. The van der Waals surface area contributed by atoms with Gasteiger partial charge in [0.25, 0.3) is 0 Å². The Labute approximate surface area is 111 Å². The van der Waals surface area contributed by atoms with E-state index in [2.05, 4.69) is 0 Å². The normalized spacial score (nSPS) is 13.1. The van der Waals surface area contributed by atoms with E-state index >= 15 is 0 Å². The van der Waals surface area contributed by atoms with Gasteiger partial charge in [0.1, 0.15) is 0 Å². The zero-order valence-electron chi connectivity index (χ0n) is 10.00. The van der Waals surface area contributed by atoms with Crippen molar-refractivity contribution in [3.8, 4) is 0 Å². The van der Waals surface area contributed by atoms with Crippen LogP contribution in [0.3, 0.4) is 0 Å². The van der Waals surface area contributed by atoms with E-state index in [1.807, 2.05) is 0 Å². The lowest BCUT2D eigenvalue weighted by Crippen LogP contribution is -2.36. The molecule has 0 aromatic heterocycles. The fourth-order valence-electron chi connectivity index (χ4n) is 1.39. The lowest BCUT2D eigenvalue weighted by Gasteiger charge is -2.24. The number of aliphatic carboxylic acids is 1. The molecule has 0 aliphatic heterocycles. The predicted molar refractivity (Wildman–Crippen MR) is 70.4 cm³/mol. The summed E-state index contributed by atoms with van der Waals surface area (Å²) >= 11 is 5.80. The Bertz CT molecular complexity index is 544.